The van der Waals surface area contributed by atoms with Gasteiger partial charge in [-0.3, -0.25) is 0 Å². The molecule has 1 amide bonds. The predicted molar refractivity (Wildman–Crippen MR) is 96.9 cm³/mol. The summed E-state index contributed by atoms with van der Waals surface area (Å²) in [5.74, 6) is 0.246. The van der Waals surface area contributed by atoms with Gasteiger partial charge in [-0.1, -0.05) is 53.5 Å². The largest absolute Gasteiger partial charge is 0.450 e. The SMILES string of the molecule is CCOC(=O)N[C@H]1CC[C@@H](c2ccc(Cl)c(Cl)c2)c2ccccc21. The molecule has 126 valence electrons. The molecule has 2 aromatic rings. The lowest BCUT2D eigenvalue weighted by Crippen LogP contribution is -2.32. The Hall–Kier alpha value is -1.71. The van der Waals surface area contributed by atoms with Gasteiger partial charge in [-0.05, 0) is 48.6 Å². The molecule has 0 spiro atoms. The van der Waals surface area contributed by atoms with E-state index in [1.807, 2.05) is 30.3 Å². The third kappa shape index (κ3) is 3.52. The van der Waals surface area contributed by atoms with Crippen molar-refractivity contribution in [1.29, 1.82) is 0 Å². The van der Waals surface area contributed by atoms with Gasteiger partial charge in [0.1, 0.15) is 0 Å². The van der Waals surface area contributed by atoms with Gasteiger partial charge < -0.3 is 10.1 Å². The maximum atomic E-state index is 11.8. The summed E-state index contributed by atoms with van der Waals surface area (Å²) in [5, 5.41) is 4.09. The predicted octanol–water partition coefficient (Wildman–Crippen LogP) is 5.71. The van der Waals surface area contributed by atoms with Crippen LogP contribution in [0.4, 0.5) is 4.79 Å². The number of nitrogens with one attached hydrogen (secondary N) is 1. The van der Waals surface area contributed by atoms with E-state index in [1.165, 1.54) is 5.56 Å². The molecule has 3 rings (SSSR count). The molecule has 0 heterocycles. The average molecular weight is 364 g/mol. The molecule has 0 aliphatic heterocycles. The first-order chi connectivity index (χ1) is 11.6. The lowest BCUT2D eigenvalue weighted by Gasteiger charge is -2.32. The minimum atomic E-state index is -0.370. The van der Waals surface area contributed by atoms with E-state index in [2.05, 4.69) is 17.4 Å². The summed E-state index contributed by atoms with van der Waals surface area (Å²) >= 11 is 12.2. The van der Waals surface area contributed by atoms with Crippen molar-refractivity contribution in [2.45, 2.75) is 31.7 Å². The molecule has 0 radical (unpaired) electrons. The number of ether oxygens (including phenoxy) is 1. The smallest absolute Gasteiger partial charge is 0.407 e. The third-order valence-corrected chi connectivity index (χ3v) is 5.14. The number of hydrogen-bond acceptors (Lipinski definition) is 2. The lowest BCUT2D eigenvalue weighted by atomic mass is 9.77. The van der Waals surface area contributed by atoms with E-state index in [4.69, 9.17) is 27.9 Å². The summed E-state index contributed by atoms with van der Waals surface area (Å²) in [6, 6.07) is 14.0. The highest BCUT2D eigenvalue weighted by Crippen LogP contribution is 2.42. The fraction of sp³-hybridized carbons (Fsp3) is 0.316. The number of rotatable bonds is 3. The Bertz CT molecular complexity index is 748. The summed E-state index contributed by atoms with van der Waals surface area (Å²) in [7, 11) is 0. The van der Waals surface area contributed by atoms with Gasteiger partial charge in [0.25, 0.3) is 0 Å². The normalized spacial score (nSPS) is 19.5. The molecule has 3 nitrogen and oxygen atoms in total. The maximum absolute atomic E-state index is 11.8. The Morgan fingerprint density at radius 1 is 1.12 bits per heavy atom. The highest BCUT2D eigenvalue weighted by molar-refractivity contribution is 6.42. The highest BCUT2D eigenvalue weighted by Gasteiger charge is 2.29. The van der Waals surface area contributed by atoms with Gasteiger partial charge in [0.2, 0.25) is 0 Å². The van der Waals surface area contributed by atoms with Crippen molar-refractivity contribution >= 4 is 29.3 Å². The van der Waals surface area contributed by atoms with Crippen LogP contribution in [0.2, 0.25) is 10.0 Å². The second-order valence-corrected chi connectivity index (χ2v) is 6.66. The van der Waals surface area contributed by atoms with E-state index in [0.29, 0.717) is 16.7 Å². The number of carbonyl (C=O) groups is 1. The minimum absolute atomic E-state index is 0.0285. The number of carbonyl (C=O) groups excluding carboxylic acids is 1. The van der Waals surface area contributed by atoms with Crippen LogP contribution in [0.3, 0.4) is 0 Å². The number of fused-ring (bicyclic) bond motifs is 1. The van der Waals surface area contributed by atoms with Crippen molar-refractivity contribution in [3.8, 4) is 0 Å². The fourth-order valence-corrected chi connectivity index (χ4v) is 3.64. The Morgan fingerprint density at radius 3 is 2.58 bits per heavy atom. The van der Waals surface area contributed by atoms with Crippen LogP contribution < -0.4 is 5.32 Å². The average Bonchev–Trinajstić information content (AvgIpc) is 2.58. The standard InChI is InChI=1S/C19H19Cl2NO2/c1-2-24-19(23)22-18-10-8-13(14-5-3-4-6-15(14)18)12-7-9-16(20)17(21)11-12/h3-7,9,11,13,18H,2,8,10H2,1H3,(H,22,23)/t13-,18-/m0/s1. The van der Waals surface area contributed by atoms with E-state index in [1.54, 1.807) is 6.92 Å². The molecule has 0 saturated heterocycles. The monoisotopic (exact) mass is 363 g/mol. The van der Waals surface area contributed by atoms with E-state index >= 15 is 0 Å². The first-order valence-electron chi connectivity index (χ1n) is 8.07. The number of hydrogen-bond donors (Lipinski definition) is 1. The number of amides is 1. The van der Waals surface area contributed by atoms with Crippen LogP contribution in [0.5, 0.6) is 0 Å². The van der Waals surface area contributed by atoms with Gasteiger partial charge in [-0.15, -0.1) is 0 Å². The molecule has 1 N–H and O–H groups in total. The van der Waals surface area contributed by atoms with Crippen molar-refractivity contribution in [3.05, 3.63) is 69.2 Å². The van der Waals surface area contributed by atoms with Gasteiger partial charge in [0.05, 0.1) is 22.7 Å². The van der Waals surface area contributed by atoms with Crippen molar-refractivity contribution in [3.63, 3.8) is 0 Å². The molecule has 5 heteroatoms. The molecule has 0 saturated carbocycles. The van der Waals surface area contributed by atoms with Crippen molar-refractivity contribution < 1.29 is 9.53 Å². The highest BCUT2D eigenvalue weighted by atomic mass is 35.5. The zero-order valence-electron chi connectivity index (χ0n) is 13.4. The van der Waals surface area contributed by atoms with E-state index in [0.717, 1.165) is 24.0 Å². The molecule has 1 aliphatic rings. The van der Waals surface area contributed by atoms with Gasteiger partial charge in [0, 0.05) is 5.92 Å². The van der Waals surface area contributed by atoms with Crippen LogP contribution in [0.1, 0.15) is 48.4 Å². The van der Waals surface area contributed by atoms with Gasteiger partial charge in [-0.2, -0.15) is 0 Å². The van der Waals surface area contributed by atoms with Crippen LogP contribution in [-0.4, -0.2) is 12.7 Å². The van der Waals surface area contributed by atoms with Gasteiger partial charge in [0.15, 0.2) is 0 Å². The van der Waals surface area contributed by atoms with Crippen LogP contribution in [0, 0.1) is 0 Å². The van der Waals surface area contributed by atoms with Crippen molar-refractivity contribution in [1.82, 2.24) is 5.32 Å². The summed E-state index contributed by atoms with van der Waals surface area (Å²) in [6.07, 6.45) is 1.40. The third-order valence-electron chi connectivity index (χ3n) is 4.40. The molecule has 0 aromatic heterocycles. The second-order valence-electron chi connectivity index (χ2n) is 5.85. The van der Waals surface area contributed by atoms with Crippen LogP contribution in [-0.2, 0) is 4.74 Å². The first-order valence-corrected chi connectivity index (χ1v) is 8.82. The Kier molecular flexibility index (Phi) is 5.32. The zero-order chi connectivity index (χ0) is 17.1. The molecule has 1 aliphatic carbocycles. The second kappa shape index (κ2) is 7.45. The number of benzene rings is 2. The molecule has 2 aromatic carbocycles. The Morgan fingerprint density at radius 2 is 1.88 bits per heavy atom. The van der Waals surface area contributed by atoms with Crippen molar-refractivity contribution in [2.24, 2.45) is 0 Å². The first kappa shape index (κ1) is 17.1. The van der Waals surface area contributed by atoms with Gasteiger partial charge in [-0.25, -0.2) is 4.79 Å². The summed E-state index contributed by atoms with van der Waals surface area (Å²) in [6.45, 7) is 2.17. The Labute approximate surface area is 151 Å². The minimum Gasteiger partial charge on any atom is -0.450 e. The maximum Gasteiger partial charge on any atom is 0.407 e. The van der Waals surface area contributed by atoms with Gasteiger partial charge >= 0.3 is 6.09 Å². The Balaban J connectivity index is 1.91. The molecule has 0 fully saturated rings. The van der Waals surface area contributed by atoms with Crippen LogP contribution in [0.25, 0.3) is 0 Å². The summed E-state index contributed by atoms with van der Waals surface area (Å²) < 4.78 is 5.02. The quantitative estimate of drug-likeness (QED) is 0.758. The van der Waals surface area contributed by atoms with Crippen LogP contribution >= 0.6 is 23.2 Å². The molecule has 0 unspecified atom stereocenters. The van der Waals surface area contributed by atoms with E-state index in [-0.39, 0.29) is 18.1 Å². The molecular weight excluding hydrogens is 345 g/mol. The van der Waals surface area contributed by atoms with Crippen molar-refractivity contribution in [2.75, 3.05) is 6.61 Å². The topological polar surface area (TPSA) is 38.3 Å². The molecule has 2 atom stereocenters. The summed E-state index contributed by atoms with van der Waals surface area (Å²) in [4.78, 5) is 11.8. The number of halogens is 2. The molecule has 24 heavy (non-hydrogen) atoms. The molecule has 0 bridgehead atoms. The summed E-state index contributed by atoms with van der Waals surface area (Å²) in [5.41, 5.74) is 3.49. The lowest BCUT2D eigenvalue weighted by molar-refractivity contribution is 0.146. The molecular formula is C19H19Cl2NO2. The van der Waals surface area contributed by atoms with Crippen LogP contribution in [0.15, 0.2) is 42.5 Å². The van der Waals surface area contributed by atoms with E-state index in [9.17, 15) is 4.79 Å². The zero-order valence-corrected chi connectivity index (χ0v) is 14.9. The number of alkyl carbamates (subject to hydrolysis) is 1. The fourth-order valence-electron chi connectivity index (χ4n) is 3.33. The van der Waals surface area contributed by atoms with E-state index < -0.39 is 0 Å².